The summed E-state index contributed by atoms with van der Waals surface area (Å²) in [5.74, 6) is 0. The van der Waals surface area contributed by atoms with Crippen LogP contribution in [0.25, 0.3) is 0 Å². The zero-order valence-electron chi connectivity index (χ0n) is 12.9. The van der Waals surface area contributed by atoms with Crippen LogP contribution in [0.3, 0.4) is 0 Å². The molecule has 0 bridgehead atoms. The van der Waals surface area contributed by atoms with Gasteiger partial charge in [0.15, 0.2) is 0 Å². The molecule has 0 atom stereocenters. The van der Waals surface area contributed by atoms with E-state index < -0.39 is 0 Å². The molecule has 0 saturated heterocycles. The predicted molar refractivity (Wildman–Crippen MR) is 87.3 cm³/mol. The molecule has 0 spiro atoms. The van der Waals surface area contributed by atoms with Crippen LogP contribution >= 0.6 is 12.4 Å². The Labute approximate surface area is 151 Å². The molecule has 0 aromatic carbocycles. The molecule has 0 saturated carbocycles. The van der Waals surface area contributed by atoms with Crippen molar-refractivity contribution in [3.8, 4) is 0 Å². The maximum Gasteiger partial charge on any atom is 2.00 e. The molecular formula is C18H27ClZr. The molecule has 0 nitrogen and oxygen atoms in total. The summed E-state index contributed by atoms with van der Waals surface area (Å²) in [5.41, 5.74) is 2.83. The fraction of sp³-hybridized carbons (Fsp3) is 0.556. The average Bonchev–Trinajstić information content (AvgIpc) is 3.07. The number of hydrogen-bond donors (Lipinski definition) is 0. The first kappa shape index (κ1) is 22.4. The van der Waals surface area contributed by atoms with Crippen molar-refractivity contribution in [1.82, 2.24) is 0 Å². The van der Waals surface area contributed by atoms with E-state index in [4.69, 9.17) is 0 Å². The Balaban J connectivity index is 0. The van der Waals surface area contributed by atoms with Gasteiger partial charge in [0, 0.05) is 0 Å². The second-order valence-corrected chi connectivity index (χ2v) is 4.82. The molecule has 0 aliphatic heterocycles. The van der Waals surface area contributed by atoms with Gasteiger partial charge in [0.2, 0.25) is 0 Å². The van der Waals surface area contributed by atoms with Crippen LogP contribution in [-0.2, 0) is 26.2 Å². The van der Waals surface area contributed by atoms with Crippen LogP contribution in [-0.4, -0.2) is 0 Å². The smallest absolute Gasteiger partial charge is 0.269 e. The van der Waals surface area contributed by atoms with Crippen molar-refractivity contribution in [1.29, 1.82) is 0 Å². The first-order chi connectivity index (χ1) is 8.86. The normalized spacial score (nSPS) is 14.7. The molecule has 2 heteroatoms. The summed E-state index contributed by atoms with van der Waals surface area (Å²) in [6.45, 7) is 4.44. The Morgan fingerprint density at radius 1 is 0.850 bits per heavy atom. The third kappa shape index (κ3) is 10.9. The minimum Gasteiger partial charge on any atom is -0.269 e. The van der Waals surface area contributed by atoms with Gasteiger partial charge in [-0.1, -0.05) is 52.4 Å². The Morgan fingerprint density at radius 3 is 1.50 bits per heavy atom. The van der Waals surface area contributed by atoms with E-state index in [1.54, 1.807) is 0 Å². The quantitative estimate of drug-likeness (QED) is 0.492. The second kappa shape index (κ2) is 15.5. The summed E-state index contributed by atoms with van der Waals surface area (Å²) in [7, 11) is 0. The average molecular weight is 370 g/mol. The van der Waals surface area contributed by atoms with Crippen LogP contribution in [0.4, 0.5) is 0 Å². The van der Waals surface area contributed by atoms with Gasteiger partial charge in [-0.15, -0.1) is 25.2 Å². The SMILES string of the molecule is CCCCC1=[C-]CC=C1.CCCCC1=[C-]CC=C1.Cl.[Zr+2]. The Bertz CT molecular complexity index is 303. The molecule has 0 unspecified atom stereocenters. The molecule has 2 rings (SSSR count). The first-order valence-electron chi connectivity index (χ1n) is 7.39. The van der Waals surface area contributed by atoms with Crippen molar-refractivity contribution in [2.24, 2.45) is 0 Å². The van der Waals surface area contributed by atoms with Gasteiger partial charge < -0.3 is 0 Å². The van der Waals surface area contributed by atoms with Gasteiger partial charge in [0.1, 0.15) is 0 Å². The number of hydrogen-bond acceptors (Lipinski definition) is 0. The number of rotatable bonds is 6. The van der Waals surface area contributed by atoms with Gasteiger partial charge in [-0.05, 0) is 0 Å². The van der Waals surface area contributed by atoms with Crippen LogP contribution in [0.1, 0.15) is 65.2 Å². The zero-order chi connectivity index (χ0) is 13.1. The van der Waals surface area contributed by atoms with Crippen molar-refractivity contribution >= 4 is 12.4 Å². The molecule has 2 aliphatic carbocycles. The molecule has 0 aromatic rings. The van der Waals surface area contributed by atoms with Gasteiger partial charge in [-0.25, -0.2) is 23.3 Å². The van der Waals surface area contributed by atoms with E-state index in [1.165, 1.54) is 49.7 Å². The van der Waals surface area contributed by atoms with E-state index in [0.29, 0.717) is 0 Å². The molecule has 0 fully saturated rings. The van der Waals surface area contributed by atoms with E-state index in [1.807, 2.05) is 0 Å². The summed E-state index contributed by atoms with van der Waals surface area (Å²) in [5, 5.41) is 0. The maximum atomic E-state index is 3.30. The molecular weight excluding hydrogens is 343 g/mol. The van der Waals surface area contributed by atoms with E-state index in [9.17, 15) is 0 Å². The van der Waals surface area contributed by atoms with E-state index in [0.717, 1.165) is 12.8 Å². The first-order valence-corrected chi connectivity index (χ1v) is 7.39. The van der Waals surface area contributed by atoms with Crippen molar-refractivity contribution in [3.05, 3.63) is 47.6 Å². The molecule has 0 aromatic heterocycles. The Morgan fingerprint density at radius 2 is 1.25 bits per heavy atom. The summed E-state index contributed by atoms with van der Waals surface area (Å²) >= 11 is 0. The number of unbranched alkanes of at least 4 members (excludes halogenated alkanes) is 2. The van der Waals surface area contributed by atoms with E-state index >= 15 is 0 Å². The minimum absolute atomic E-state index is 0. The fourth-order valence-electron chi connectivity index (χ4n) is 1.98. The minimum atomic E-state index is 0. The number of allylic oxidation sites excluding steroid dienone is 8. The van der Waals surface area contributed by atoms with Crippen LogP contribution < -0.4 is 0 Å². The molecule has 2 aliphatic rings. The van der Waals surface area contributed by atoms with Crippen molar-refractivity contribution in [2.75, 3.05) is 0 Å². The summed E-state index contributed by atoms with van der Waals surface area (Å²) in [6, 6.07) is 0. The molecule has 0 amide bonds. The Hall–Kier alpha value is 0.133. The third-order valence-corrected chi connectivity index (χ3v) is 3.13. The van der Waals surface area contributed by atoms with E-state index in [-0.39, 0.29) is 38.6 Å². The molecule has 20 heavy (non-hydrogen) atoms. The maximum absolute atomic E-state index is 3.30. The largest absolute Gasteiger partial charge is 2.00 e. The summed E-state index contributed by atoms with van der Waals surface area (Å²) in [4.78, 5) is 0. The van der Waals surface area contributed by atoms with Gasteiger partial charge in [0.25, 0.3) is 0 Å². The van der Waals surface area contributed by atoms with Crippen molar-refractivity contribution < 1.29 is 26.2 Å². The van der Waals surface area contributed by atoms with Crippen LogP contribution in [0.2, 0.25) is 0 Å². The topological polar surface area (TPSA) is 0 Å². The monoisotopic (exact) mass is 368 g/mol. The molecule has 0 heterocycles. The van der Waals surface area contributed by atoms with Crippen molar-refractivity contribution in [2.45, 2.75) is 65.2 Å². The van der Waals surface area contributed by atoms with Crippen LogP contribution in [0.15, 0.2) is 35.5 Å². The number of halogens is 1. The fourth-order valence-corrected chi connectivity index (χ4v) is 1.98. The predicted octanol–water partition coefficient (Wildman–Crippen LogP) is 6.15. The van der Waals surface area contributed by atoms with Gasteiger partial charge in [-0.3, -0.25) is 12.2 Å². The van der Waals surface area contributed by atoms with Crippen LogP contribution in [0.5, 0.6) is 0 Å². The van der Waals surface area contributed by atoms with Gasteiger partial charge in [0.05, 0.1) is 0 Å². The van der Waals surface area contributed by atoms with Gasteiger partial charge >= 0.3 is 26.2 Å². The molecule has 0 radical (unpaired) electrons. The summed E-state index contributed by atoms with van der Waals surface area (Å²) < 4.78 is 0. The zero-order valence-corrected chi connectivity index (χ0v) is 16.1. The van der Waals surface area contributed by atoms with Crippen molar-refractivity contribution in [3.63, 3.8) is 0 Å². The third-order valence-electron chi connectivity index (χ3n) is 3.13. The molecule has 0 N–H and O–H groups in total. The molecule has 110 valence electrons. The van der Waals surface area contributed by atoms with Crippen LogP contribution in [0, 0.1) is 12.2 Å². The second-order valence-electron chi connectivity index (χ2n) is 4.82. The Kier molecular flexibility index (Phi) is 17.4. The standard InChI is InChI=1S/2C9H13.ClH.Zr/c2*1-2-3-6-9-7-4-5-8-9;;/h2*4,7H,2-3,5-6H2,1H3;1H;/q2*-1;;+2. The van der Waals surface area contributed by atoms with Gasteiger partial charge in [-0.2, -0.15) is 12.2 Å². The van der Waals surface area contributed by atoms with E-state index in [2.05, 4.69) is 50.3 Å². The summed E-state index contributed by atoms with van der Waals surface area (Å²) in [6.07, 6.45) is 25.1.